The molecule has 2 amide bonds. The maximum atomic E-state index is 13.2. The quantitative estimate of drug-likeness (QED) is 0.554. The van der Waals surface area contributed by atoms with Gasteiger partial charge in [0.15, 0.2) is 0 Å². The van der Waals surface area contributed by atoms with E-state index in [0.29, 0.717) is 32.4 Å². The Morgan fingerprint density at radius 3 is 2.47 bits per heavy atom. The molecule has 1 saturated heterocycles. The van der Waals surface area contributed by atoms with Gasteiger partial charge >= 0.3 is 5.69 Å². The van der Waals surface area contributed by atoms with E-state index < -0.39 is 11.1 Å². The molecule has 0 spiro atoms. The van der Waals surface area contributed by atoms with E-state index >= 15 is 0 Å². The third kappa shape index (κ3) is 4.49. The summed E-state index contributed by atoms with van der Waals surface area (Å²) >= 11 is 0. The van der Waals surface area contributed by atoms with Crippen LogP contribution in [0.15, 0.2) is 59.4 Å². The van der Waals surface area contributed by atoms with E-state index in [4.69, 9.17) is 0 Å². The predicted octanol–water partition coefficient (Wildman–Crippen LogP) is 2.37. The molecule has 166 valence electrons. The highest BCUT2D eigenvalue weighted by Gasteiger charge is 2.43. The lowest BCUT2D eigenvalue weighted by Crippen LogP contribution is -2.54. The number of piperidine rings is 1. The molecule has 8 heteroatoms. The summed E-state index contributed by atoms with van der Waals surface area (Å²) in [5.41, 5.74) is 2.02. The zero-order chi connectivity index (χ0) is 22.6. The van der Waals surface area contributed by atoms with Crippen LogP contribution in [0.2, 0.25) is 0 Å². The Labute approximate surface area is 186 Å². The number of carbonyl (C=O) groups excluding carboxylic acids is 2. The van der Waals surface area contributed by atoms with E-state index in [2.05, 4.69) is 56.9 Å². The minimum absolute atomic E-state index is 0.0334. The number of amides is 2. The van der Waals surface area contributed by atoms with Crippen molar-refractivity contribution in [3.8, 4) is 11.1 Å². The van der Waals surface area contributed by atoms with Crippen LogP contribution < -0.4 is 11.0 Å². The molecule has 1 aliphatic heterocycles. The normalized spacial score (nSPS) is 18.3. The van der Waals surface area contributed by atoms with E-state index in [1.807, 2.05) is 25.1 Å². The molecule has 2 heterocycles. The number of rotatable bonds is 6. The van der Waals surface area contributed by atoms with Crippen molar-refractivity contribution in [1.29, 1.82) is 0 Å². The SMILES string of the molecule is CCNC(=O)[C@]1(Cc2ccc(-c3ccccc3)cc2)CCCN(C(=O)c2n[nH]c(=O)[nH]2)C1. The van der Waals surface area contributed by atoms with Crippen LogP contribution in [0.4, 0.5) is 0 Å². The van der Waals surface area contributed by atoms with E-state index in [9.17, 15) is 14.4 Å². The van der Waals surface area contributed by atoms with Gasteiger partial charge in [-0.05, 0) is 42.9 Å². The summed E-state index contributed by atoms with van der Waals surface area (Å²) in [6.07, 6.45) is 1.90. The average molecular weight is 434 g/mol. The first-order chi connectivity index (χ1) is 15.5. The lowest BCUT2D eigenvalue weighted by Gasteiger charge is -2.41. The fourth-order valence-corrected chi connectivity index (χ4v) is 4.42. The zero-order valence-electron chi connectivity index (χ0n) is 18.1. The summed E-state index contributed by atoms with van der Waals surface area (Å²) in [6.45, 7) is 3.20. The Hall–Kier alpha value is -3.68. The van der Waals surface area contributed by atoms with Gasteiger partial charge in [0.05, 0.1) is 5.41 Å². The molecule has 1 atom stereocenters. The van der Waals surface area contributed by atoms with Crippen molar-refractivity contribution in [3.63, 3.8) is 0 Å². The number of aromatic amines is 2. The number of benzene rings is 2. The molecule has 0 bridgehead atoms. The molecule has 32 heavy (non-hydrogen) atoms. The highest BCUT2D eigenvalue weighted by Crippen LogP contribution is 2.35. The van der Waals surface area contributed by atoms with Gasteiger partial charge in [0.25, 0.3) is 5.91 Å². The smallest absolute Gasteiger partial charge is 0.341 e. The van der Waals surface area contributed by atoms with Crippen LogP contribution in [0.3, 0.4) is 0 Å². The molecule has 2 aromatic carbocycles. The number of aromatic nitrogens is 3. The monoisotopic (exact) mass is 433 g/mol. The second-order valence-electron chi connectivity index (χ2n) is 8.24. The van der Waals surface area contributed by atoms with Crippen molar-refractivity contribution in [2.45, 2.75) is 26.2 Å². The second kappa shape index (κ2) is 9.21. The number of H-pyrrole nitrogens is 2. The molecule has 1 fully saturated rings. The first-order valence-corrected chi connectivity index (χ1v) is 10.9. The lowest BCUT2D eigenvalue weighted by molar-refractivity contribution is -0.133. The Balaban J connectivity index is 1.58. The summed E-state index contributed by atoms with van der Waals surface area (Å²) in [6, 6.07) is 18.4. The van der Waals surface area contributed by atoms with Gasteiger partial charge in [-0.2, -0.15) is 0 Å². The Kier molecular flexibility index (Phi) is 6.20. The van der Waals surface area contributed by atoms with Crippen molar-refractivity contribution in [3.05, 3.63) is 76.5 Å². The van der Waals surface area contributed by atoms with Crippen molar-refractivity contribution in [2.75, 3.05) is 19.6 Å². The Bertz CT molecular complexity index is 1140. The third-order valence-corrected chi connectivity index (χ3v) is 5.99. The molecule has 3 aromatic rings. The van der Waals surface area contributed by atoms with Crippen LogP contribution in [0.25, 0.3) is 11.1 Å². The van der Waals surface area contributed by atoms with Gasteiger partial charge in [-0.25, -0.2) is 9.89 Å². The van der Waals surface area contributed by atoms with E-state index in [-0.39, 0.29) is 24.2 Å². The van der Waals surface area contributed by atoms with Crippen LogP contribution in [-0.4, -0.2) is 51.5 Å². The van der Waals surface area contributed by atoms with Crippen LogP contribution in [0, 0.1) is 5.41 Å². The van der Waals surface area contributed by atoms with Gasteiger partial charge in [0.1, 0.15) is 0 Å². The van der Waals surface area contributed by atoms with E-state index in [1.165, 1.54) is 0 Å². The fraction of sp³-hybridized carbons (Fsp3) is 0.333. The maximum Gasteiger partial charge on any atom is 0.341 e. The van der Waals surface area contributed by atoms with Crippen molar-refractivity contribution in [1.82, 2.24) is 25.4 Å². The first kappa shape index (κ1) is 21.5. The highest BCUT2D eigenvalue weighted by atomic mass is 16.2. The van der Waals surface area contributed by atoms with E-state index in [0.717, 1.165) is 16.7 Å². The number of hydrogen-bond donors (Lipinski definition) is 3. The first-order valence-electron chi connectivity index (χ1n) is 10.9. The molecule has 1 aromatic heterocycles. The summed E-state index contributed by atoms with van der Waals surface area (Å²) in [5, 5.41) is 8.94. The maximum absolute atomic E-state index is 13.2. The molecule has 4 rings (SSSR count). The number of carbonyl (C=O) groups is 2. The lowest BCUT2D eigenvalue weighted by atomic mass is 9.74. The molecule has 0 saturated carbocycles. The Morgan fingerprint density at radius 1 is 1.09 bits per heavy atom. The van der Waals surface area contributed by atoms with Crippen molar-refractivity contribution >= 4 is 11.8 Å². The largest absolute Gasteiger partial charge is 0.356 e. The second-order valence-corrected chi connectivity index (χ2v) is 8.24. The third-order valence-electron chi connectivity index (χ3n) is 5.99. The predicted molar refractivity (Wildman–Crippen MR) is 121 cm³/mol. The van der Waals surface area contributed by atoms with Gasteiger partial charge in [-0.1, -0.05) is 54.6 Å². The molecular weight excluding hydrogens is 406 g/mol. The number of nitrogens with one attached hydrogen (secondary N) is 3. The Morgan fingerprint density at radius 2 is 1.81 bits per heavy atom. The molecule has 0 unspecified atom stereocenters. The molecule has 0 aliphatic carbocycles. The van der Waals surface area contributed by atoms with Crippen LogP contribution in [0.1, 0.15) is 35.9 Å². The van der Waals surface area contributed by atoms with E-state index in [1.54, 1.807) is 4.90 Å². The van der Waals surface area contributed by atoms with Gasteiger partial charge < -0.3 is 10.2 Å². The summed E-state index contributed by atoms with van der Waals surface area (Å²) < 4.78 is 0. The van der Waals surface area contributed by atoms with Gasteiger partial charge in [-0.3, -0.25) is 14.6 Å². The van der Waals surface area contributed by atoms with Crippen molar-refractivity contribution in [2.24, 2.45) is 5.41 Å². The average Bonchev–Trinajstić information content (AvgIpc) is 3.26. The number of nitrogens with zero attached hydrogens (tertiary/aromatic N) is 2. The van der Waals surface area contributed by atoms with Gasteiger partial charge in [0, 0.05) is 19.6 Å². The zero-order valence-corrected chi connectivity index (χ0v) is 18.1. The molecule has 3 N–H and O–H groups in total. The van der Waals surface area contributed by atoms with Crippen LogP contribution >= 0.6 is 0 Å². The van der Waals surface area contributed by atoms with Crippen LogP contribution in [0.5, 0.6) is 0 Å². The number of hydrogen-bond acceptors (Lipinski definition) is 4. The summed E-state index contributed by atoms with van der Waals surface area (Å²) in [5.74, 6) is -0.467. The minimum atomic E-state index is -0.741. The van der Waals surface area contributed by atoms with Gasteiger partial charge in [0.2, 0.25) is 11.7 Å². The molecule has 8 nitrogen and oxygen atoms in total. The highest BCUT2D eigenvalue weighted by molar-refractivity contribution is 5.91. The van der Waals surface area contributed by atoms with Gasteiger partial charge in [-0.15, -0.1) is 5.10 Å². The molecule has 0 radical (unpaired) electrons. The van der Waals surface area contributed by atoms with Crippen molar-refractivity contribution < 1.29 is 9.59 Å². The standard InChI is InChI=1S/C24H27N5O3/c1-2-25-22(31)24(13-6-14-29(16-24)21(30)20-26-23(32)28-27-20)15-17-9-11-19(12-10-17)18-7-4-3-5-8-18/h3-5,7-12H,2,6,13-16H2,1H3,(H,25,31)(H2,26,27,28,32)/t24-/m0/s1. The fourth-order valence-electron chi connectivity index (χ4n) is 4.42. The van der Waals surface area contributed by atoms with Crippen LogP contribution in [-0.2, 0) is 11.2 Å². The molecular formula is C24H27N5O3. The number of likely N-dealkylation sites (tertiary alicyclic amines) is 1. The summed E-state index contributed by atoms with van der Waals surface area (Å²) in [4.78, 5) is 41.5. The topological polar surface area (TPSA) is 111 Å². The molecule has 1 aliphatic rings. The summed E-state index contributed by atoms with van der Waals surface area (Å²) in [7, 11) is 0. The minimum Gasteiger partial charge on any atom is -0.356 e.